The second kappa shape index (κ2) is 8.30. The van der Waals surface area contributed by atoms with Gasteiger partial charge in [-0.05, 0) is 31.1 Å². The molecule has 0 radical (unpaired) electrons. The van der Waals surface area contributed by atoms with Gasteiger partial charge in [0.25, 0.3) is 0 Å². The fourth-order valence-electron chi connectivity index (χ4n) is 3.29. The molecule has 1 unspecified atom stereocenters. The van der Waals surface area contributed by atoms with Gasteiger partial charge < -0.3 is 10.6 Å². The molecule has 1 aliphatic heterocycles. The van der Waals surface area contributed by atoms with Crippen molar-refractivity contribution in [1.82, 2.24) is 15.5 Å². The predicted molar refractivity (Wildman–Crippen MR) is 90.6 cm³/mol. The summed E-state index contributed by atoms with van der Waals surface area (Å²) in [7, 11) is 0. The molecule has 1 aliphatic rings. The van der Waals surface area contributed by atoms with E-state index in [1.54, 1.807) is 0 Å². The number of hydrogen-bond donors (Lipinski definition) is 2. The zero-order valence-corrected chi connectivity index (χ0v) is 14.0. The summed E-state index contributed by atoms with van der Waals surface area (Å²) >= 11 is 0. The SMILES string of the molecule is CCN(CC)C(CNC(=O)[C@@H]1CNC[C@H]1C)c1ccccc1. The third-order valence-electron chi connectivity index (χ3n) is 4.76. The summed E-state index contributed by atoms with van der Waals surface area (Å²) in [5.74, 6) is 0.711. The van der Waals surface area contributed by atoms with Crippen LogP contribution in [0.3, 0.4) is 0 Å². The van der Waals surface area contributed by atoms with Crippen LogP contribution in [0.25, 0.3) is 0 Å². The van der Waals surface area contributed by atoms with Crippen molar-refractivity contribution in [3.63, 3.8) is 0 Å². The van der Waals surface area contributed by atoms with E-state index < -0.39 is 0 Å². The maximum Gasteiger partial charge on any atom is 0.224 e. The number of carbonyl (C=O) groups is 1. The molecule has 4 nitrogen and oxygen atoms in total. The van der Waals surface area contributed by atoms with Crippen molar-refractivity contribution < 1.29 is 4.79 Å². The molecule has 2 N–H and O–H groups in total. The number of benzene rings is 1. The number of carbonyl (C=O) groups excluding carboxylic acids is 1. The zero-order valence-electron chi connectivity index (χ0n) is 14.0. The summed E-state index contributed by atoms with van der Waals surface area (Å²) in [5, 5.41) is 6.48. The summed E-state index contributed by atoms with van der Waals surface area (Å²) in [6, 6.07) is 10.7. The molecule has 2 rings (SSSR count). The molecule has 1 fully saturated rings. The van der Waals surface area contributed by atoms with Crippen LogP contribution in [-0.4, -0.2) is 43.5 Å². The molecule has 4 heteroatoms. The first-order valence-corrected chi connectivity index (χ1v) is 8.44. The highest BCUT2D eigenvalue weighted by Crippen LogP contribution is 2.21. The fraction of sp³-hybridized carbons (Fsp3) is 0.611. The minimum absolute atomic E-state index is 0.105. The van der Waals surface area contributed by atoms with E-state index in [9.17, 15) is 4.79 Å². The molecule has 1 aromatic carbocycles. The minimum atomic E-state index is 0.105. The number of likely N-dealkylation sites (N-methyl/N-ethyl adjacent to an activating group) is 1. The molecule has 1 heterocycles. The lowest BCUT2D eigenvalue weighted by Crippen LogP contribution is -2.41. The first kappa shape index (κ1) is 17.0. The lowest BCUT2D eigenvalue weighted by molar-refractivity contribution is -0.125. The van der Waals surface area contributed by atoms with Crippen LogP contribution in [0.2, 0.25) is 0 Å². The van der Waals surface area contributed by atoms with E-state index in [1.165, 1.54) is 5.56 Å². The molecule has 1 amide bonds. The van der Waals surface area contributed by atoms with Gasteiger partial charge in [0, 0.05) is 13.1 Å². The van der Waals surface area contributed by atoms with Crippen LogP contribution in [0.4, 0.5) is 0 Å². The molecule has 0 bridgehead atoms. The Bertz CT molecular complexity index is 459. The van der Waals surface area contributed by atoms with E-state index in [0.29, 0.717) is 12.5 Å². The Balaban J connectivity index is 2.02. The van der Waals surface area contributed by atoms with Gasteiger partial charge in [0.05, 0.1) is 12.0 Å². The number of rotatable bonds is 7. The summed E-state index contributed by atoms with van der Waals surface area (Å²) in [6.45, 7) is 10.9. The van der Waals surface area contributed by atoms with Crippen molar-refractivity contribution in [3.05, 3.63) is 35.9 Å². The van der Waals surface area contributed by atoms with E-state index >= 15 is 0 Å². The van der Waals surface area contributed by atoms with Crippen LogP contribution in [0, 0.1) is 11.8 Å². The van der Waals surface area contributed by atoms with E-state index in [0.717, 1.165) is 26.2 Å². The van der Waals surface area contributed by atoms with Gasteiger partial charge in [-0.3, -0.25) is 9.69 Å². The minimum Gasteiger partial charge on any atom is -0.354 e. The van der Waals surface area contributed by atoms with E-state index in [4.69, 9.17) is 0 Å². The van der Waals surface area contributed by atoms with Gasteiger partial charge in [-0.25, -0.2) is 0 Å². The monoisotopic (exact) mass is 303 g/mol. The maximum absolute atomic E-state index is 12.4. The smallest absolute Gasteiger partial charge is 0.224 e. The van der Waals surface area contributed by atoms with Gasteiger partial charge >= 0.3 is 0 Å². The van der Waals surface area contributed by atoms with Gasteiger partial charge in [-0.1, -0.05) is 51.1 Å². The Labute approximate surface area is 134 Å². The average molecular weight is 303 g/mol. The van der Waals surface area contributed by atoms with Crippen molar-refractivity contribution in [2.75, 3.05) is 32.7 Å². The van der Waals surface area contributed by atoms with E-state index in [2.05, 4.69) is 60.6 Å². The Morgan fingerprint density at radius 2 is 1.95 bits per heavy atom. The highest BCUT2D eigenvalue weighted by atomic mass is 16.1. The second-order valence-electron chi connectivity index (χ2n) is 6.13. The highest BCUT2D eigenvalue weighted by Gasteiger charge is 2.30. The molecule has 1 aromatic rings. The van der Waals surface area contributed by atoms with Crippen molar-refractivity contribution in [3.8, 4) is 0 Å². The Hall–Kier alpha value is -1.39. The third kappa shape index (κ3) is 4.08. The van der Waals surface area contributed by atoms with Crippen LogP contribution in [0.1, 0.15) is 32.4 Å². The number of hydrogen-bond acceptors (Lipinski definition) is 3. The maximum atomic E-state index is 12.4. The summed E-state index contributed by atoms with van der Waals surface area (Å²) in [5.41, 5.74) is 1.27. The third-order valence-corrected chi connectivity index (χ3v) is 4.76. The number of amides is 1. The summed E-state index contributed by atoms with van der Waals surface area (Å²) < 4.78 is 0. The van der Waals surface area contributed by atoms with Gasteiger partial charge in [0.15, 0.2) is 0 Å². The molecule has 0 saturated carbocycles. The molecule has 22 heavy (non-hydrogen) atoms. The summed E-state index contributed by atoms with van der Waals surface area (Å²) in [4.78, 5) is 14.8. The van der Waals surface area contributed by atoms with Gasteiger partial charge in [0.2, 0.25) is 5.91 Å². The molecule has 1 saturated heterocycles. The topological polar surface area (TPSA) is 44.4 Å². The van der Waals surface area contributed by atoms with E-state index in [-0.39, 0.29) is 17.9 Å². The highest BCUT2D eigenvalue weighted by molar-refractivity contribution is 5.79. The Morgan fingerprint density at radius 3 is 2.50 bits per heavy atom. The van der Waals surface area contributed by atoms with Gasteiger partial charge in [0.1, 0.15) is 0 Å². The normalized spacial score (nSPS) is 22.7. The van der Waals surface area contributed by atoms with Crippen LogP contribution in [0.5, 0.6) is 0 Å². The first-order chi connectivity index (χ1) is 10.7. The average Bonchev–Trinajstić information content (AvgIpc) is 2.98. The zero-order chi connectivity index (χ0) is 15.9. The van der Waals surface area contributed by atoms with Gasteiger partial charge in [-0.15, -0.1) is 0 Å². The lowest BCUT2D eigenvalue weighted by atomic mass is 9.97. The predicted octanol–water partition coefficient (Wildman–Crippen LogP) is 2.04. The summed E-state index contributed by atoms with van der Waals surface area (Å²) in [6.07, 6.45) is 0. The largest absolute Gasteiger partial charge is 0.354 e. The second-order valence-corrected chi connectivity index (χ2v) is 6.13. The number of nitrogens with one attached hydrogen (secondary N) is 2. The number of nitrogens with zero attached hydrogens (tertiary/aromatic N) is 1. The molecular weight excluding hydrogens is 274 g/mol. The van der Waals surface area contributed by atoms with Crippen molar-refractivity contribution in [2.24, 2.45) is 11.8 Å². The van der Waals surface area contributed by atoms with Crippen LogP contribution in [-0.2, 0) is 4.79 Å². The fourth-order valence-corrected chi connectivity index (χ4v) is 3.29. The molecule has 3 atom stereocenters. The van der Waals surface area contributed by atoms with Crippen LogP contribution < -0.4 is 10.6 Å². The van der Waals surface area contributed by atoms with Crippen molar-refractivity contribution >= 4 is 5.91 Å². The van der Waals surface area contributed by atoms with Crippen LogP contribution >= 0.6 is 0 Å². The molecule has 0 aromatic heterocycles. The lowest BCUT2D eigenvalue weighted by Gasteiger charge is -2.30. The Kier molecular flexibility index (Phi) is 6.40. The quantitative estimate of drug-likeness (QED) is 0.810. The van der Waals surface area contributed by atoms with E-state index in [1.807, 2.05) is 6.07 Å². The molecule has 0 spiro atoms. The molecule has 122 valence electrons. The van der Waals surface area contributed by atoms with Gasteiger partial charge in [-0.2, -0.15) is 0 Å². The van der Waals surface area contributed by atoms with Crippen molar-refractivity contribution in [1.29, 1.82) is 0 Å². The standard InChI is InChI=1S/C18H29N3O/c1-4-21(5-2)17(15-9-7-6-8-10-15)13-20-18(22)16-12-19-11-14(16)3/h6-10,14,16-17,19H,4-5,11-13H2,1-3H3,(H,20,22)/t14-,16-,17?/m1/s1. The molecule has 0 aliphatic carbocycles. The van der Waals surface area contributed by atoms with Crippen molar-refractivity contribution in [2.45, 2.75) is 26.8 Å². The first-order valence-electron chi connectivity index (χ1n) is 8.44. The molecular formula is C18H29N3O. The Morgan fingerprint density at radius 1 is 1.27 bits per heavy atom. The van der Waals surface area contributed by atoms with Crippen LogP contribution in [0.15, 0.2) is 30.3 Å².